The molecule has 72 valence electrons. The van der Waals surface area contributed by atoms with E-state index < -0.39 is 17.1 Å². The third kappa shape index (κ3) is 12.6. The Morgan fingerprint density at radius 1 is 1.25 bits per heavy atom. The lowest BCUT2D eigenvalue weighted by Crippen LogP contribution is -2.17. The van der Waals surface area contributed by atoms with Crippen molar-refractivity contribution in [3.63, 3.8) is 0 Å². The topological polar surface area (TPSA) is 9.23 Å². The van der Waals surface area contributed by atoms with Gasteiger partial charge in [-0.05, 0) is 13.1 Å². The monoisotopic (exact) mass is 202 g/mol. The predicted molar refractivity (Wildman–Crippen MR) is 62.7 cm³/mol. The molecule has 0 aromatic carbocycles. The molecule has 0 N–H and O–H groups in total. The molecule has 0 aliphatic rings. The average molecular weight is 202 g/mol. The molecule has 0 spiro atoms. The van der Waals surface area contributed by atoms with Gasteiger partial charge in [-0.2, -0.15) is 0 Å². The van der Waals surface area contributed by atoms with E-state index in [9.17, 15) is 0 Å². The molecular weight excluding hydrogens is 180 g/mol. The van der Waals surface area contributed by atoms with Crippen molar-refractivity contribution in [2.75, 3.05) is 6.61 Å². The van der Waals surface area contributed by atoms with E-state index >= 15 is 0 Å². The van der Waals surface area contributed by atoms with E-state index in [4.69, 9.17) is 4.43 Å². The van der Waals surface area contributed by atoms with Crippen LogP contribution in [-0.2, 0) is 4.43 Å². The van der Waals surface area contributed by atoms with Gasteiger partial charge in [0.05, 0.1) is 6.61 Å². The van der Waals surface area contributed by atoms with Crippen LogP contribution in [0.2, 0.25) is 32.7 Å². The molecule has 0 rings (SSSR count). The van der Waals surface area contributed by atoms with Gasteiger partial charge in [0.25, 0.3) is 0 Å². The van der Waals surface area contributed by atoms with Gasteiger partial charge in [0, 0.05) is 0 Å². The van der Waals surface area contributed by atoms with Crippen molar-refractivity contribution in [3.05, 3.63) is 0 Å². The summed E-state index contributed by atoms with van der Waals surface area (Å²) < 4.78 is 5.42. The number of hydrogen-bond acceptors (Lipinski definition) is 1. The molecule has 0 bridgehead atoms. The Morgan fingerprint density at radius 2 is 1.75 bits per heavy atom. The van der Waals surface area contributed by atoms with Gasteiger partial charge in [0.1, 0.15) is 8.07 Å². The van der Waals surface area contributed by atoms with Gasteiger partial charge in [-0.1, -0.05) is 33.0 Å². The van der Waals surface area contributed by atoms with Crippen molar-refractivity contribution >= 4 is 17.1 Å². The molecule has 0 amide bonds. The van der Waals surface area contributed by atoms with Crippen LogP contribution in [0.4, 0.5) is 0 Å². The first-order valence-electron chi connectivity index (χ1n) is 4.03. The van der Waals surface area contributed by atoms with E-state index in [1.54, 1.807) is 0 Å². The van der Waals surface area contributed by atoms with Crippen LogP contribution in [0, 0.1) is 11.5 Å². The fourth-order valence-electron chi connectivity index (χ4n) is 0.510. The maximum atomic E-state index is 5.42. The van der Waals surface area contributed by atoms with Crippen LogP contribution >= 0.6 is 0 Å². The average Bonchev–Trinajstić information content (AvgIpc) is 1.78. The second-order valence-corrected chi connectivity index (χ2v) is 11.1. The lowest BCUT2D eigenvalue weighted by atomic mass is 10.8. The van der Waals surface area contributed by atoms with Crippen molar-refractivity contribution in [3.8, 4) is 11.5 Å². The van der Waals surface area contributed by atoms with Crippen molar-refractivity contribution in [1.29, 1.82) is 0 Å². The summed E-state index contributed by atoms with van der Waals surface area (Å²) in [5.74, 6) is 3.08. The maximum Gasteiger partial charge on any atom is 0.172 e. The first-order chi connectivity index (χ1) is 4.92. The lowest BCUT2D eigenvalue weighted by molar-refractivity contribution is 0.382. The van der Waals surface area contributed by atoms with Gasteiger partial charge in [-0.25, -0.2) is 0 Å². The Labute approximate surface area is 80.3 Å². The van der Waals surface area contributed by atoms with Crippen molar-refractivity contribution in [2.24, 2.45) is 0 Å². The standard InChI is InChI=1S/C8H18OSi2.CH4/c1-10(2)9-7-6-8-11(3,4)5;/h10H,7H2,1-5H3;1H4. The molecular formula is C9H22OSi2. The fourth-order valence-corrected chi connectivity index (χ4v) is 1.53. The Balaban J connectivity index is 0. The summed E-state index contributed by atoms with van der Waals surface area (Å²) in [4.78, 5) is 0. The van der Waals surface area contributed by atoms with Crippen molar-refractivity contribution in [1.82, 2.24) is 0 Å². The summed E-state index contributed by atoms with van der Waals surface area (Å²) in [6, 6.07) is 0. The highest BCUT2D eigenvalue weighted by atomic mass is 28.3. The Morgan fingerprint density at radius 3 is 2.08 bits per heavy atom. The van der Waals surface area contributed by atoms with E-state index in [0.717, 1.165) is 0 Å². The highest BCUT2D eigenvalue weighted by Crippen LogP contribution is 1.95. The summed E-state index contributed by atoms with van der Waals surface area (Å²) in [6.45, 7) is 11.7. The molecule has 12 heavy (non-hydrogen) atoms. The minimum atomic E-state index is -1.15. The van der Waals surface area contributed by atoms with Gasteiger partial charge in [0.15, 0.2) is 9.04 Å². The van der Waals surface area contributed by atoms with Crippen molar-refractivity contribution < 1.29 is 4.43 Å². The van der Waals surface area contributed by atoms with E-state index in [1.807, 2.05) is 0 Å². The Bertz CT molecular complexity index is 160. The second kappa shape index (κ2) is 6.47. The van der Waals surface area contributed by atoms with Gasteiger partial charge < -0.3 is 4.43 Å². The van der Waals surface area contributed by atoms with Crippen LogP contribution in [-0.4, -0.2) is 23.7 Å². The highest BCUT2D eigenvalue weighted by Gasteiger charge is 2.06. The zero-order chi connectivity index (χ0) is 8.91. The van der Waals surface area contributed by atoms with E-state index in [2.05, 4.69) is 44.2 Å². The normalized spacial score (nSPS) is 10.2. The predicted octanol–water partition coefficient (Wildman–Crippen LogP) is 2.50. The molecule has 0 aromatic heterocycles. The van der Waals surface area contributed by atoms with Crippen LogP contribution in [0.15, 0.2) is 0 Å². The largest absolute Gasteiger partial charge is 0.410 e. The summed E-state index contributed by atoms with van der Waals surface area (Å²) in [7, 11) is -2.00. The highest BCUT2D eigenvalue weighted by molar-refractivity contribution is 6.83. The summed E-state index contributed by atoms with van der Waals surface area (Å²) in [5.41, 5.74) is 3.26. The first kappa shape index (κ1) is 14.5. The smallest absolute Gasteiger partial charge is 0.172 e. The molecule has 0 unspecified atom stereocenters. The fraction of sp³-hybridized carbons (Fsp3) is 0.778. The Kier molecular flexibility index (Phi) is 7.80. The SMILES string of the molecule is C.C[SiH](C)OCC#C[Si](C)(C)C. The summed E-state index contributed by atoms with van der Waals surface area (Å²) in [5, 5.41) is 0. The molecule has 0 saturated heterocycles. The Hall–Kier alpha value is -0.0462. The molecule has 0 fully saturated rings. The van der Waals surface area contributed by atoms with E-state index in [0.29, 0.717) is 6.61 Å². The molecule has 0 atom stereocenters. The minimum absolute atomic E-state index is 0. The van der Waals surface area contributed by atoms with Gasteiger partial charge in [-0.15, -0.1) is 5.54 Å². The number of rotatable bonds is 2. The second-order valence-electron chi connectivity index (χ2n) is 3.91. The molecule has 1 nitrogen and oxygen atoms in total. The lowest BCUT2D eigenvalue weighted by Gasteiger charge is -2.04. The first-order valence-corrected chi connectivity index (χ1v) is 10.3. The van der Waals surface area contributed by atoms with Crippen LogP contribution in [0.25, 0.3) is 0 Å². The zero-order valence-corrected chi connectivity index (χ0v) is 10.3. The van der Waals surface area contributed by atoms with Crippen LogP contribution < -0.4 is 0 Å². The third-order valence-corrected chi connectivity index (χ3v) is 2.71. The van der Waals surface area contributed by atoms with Crippen LogP contribution in [0.3, 0.4) is 0 Å². The zero-order valence-electron chi connectivity index (χ0n) is 8.19. The van der Waals surface area contributed by atoms with E-state index in [1.165, 1.54) is 0 Å². The number of hydrogen-bond donors (Lipinski definition) is 0. The molecule has 0 heterocycles. The molecule has 0 saturated carbocycles. The molecule has 0 aromatic rings. The van der Waals surface area contributed by atoms with Gasteiger partial charge >= 0.3 is 0 Å². The van der Waals surface area contributed by atoms with E-state index in [-0.39, 0.29) is 7.43 Å². The van der Waals surface area contributed by atoms with Crippen LogP contribution in [0.1, 0.15) is 7.43 Å². The quantitative estimate of drug-likeness (QED) is 0.494. The maximum absolute atomic E-state index is 5.42. The van der Waals surface area contributed by atoms with Crippen LogP contribution in [0.5, 0.6) is 0 Å². The van der Waals surface area contributed by atoms with Gasteiger partial charge in [0.2, 0.25) is 0 Å². The van der Waals surface area contributed by atoms with Gasteiger partial charge in [-0.3, -0.25) is 0 Å². The molecule has 0 aliphatic heterocycles. The minimum Gasteiger partial charge on any atom is -0.410 e. The molecule has 0 radical (unpaired) electrons. The van der Waals surface area contributed by atoms with Crippen molar-refractivity contribution in [2.45, 2.75) is 40.2 Å². The summed E-state index contributed by atoms with van der Waals surface area (Å²) >= 11 is 0. The molecule has 3 heteroatoms. The summed E-state index contributed by atoms with van der Waals surface area (Å²) in [6.07, 6.45) is 0. The third-order valence-electron chi connectivity index (χ3n) is 0.952. The molecule has 0 aliphatic carbocycles.